The molecule has 0 bridgehead atoms. The van der Waals surface area contributed by atoms with Gasteiger partial charge in [-0.05, 0) is 18.4 Å². The number of hydrogen-bond acceptors (Lipinski definition) is 10. The summed E-state index contributed by atoms with van der Waals surface area (Å²) in [5.41, 5.74) is 0. The fourth-order valence-corrected chi connectivity index (χ4v) is 4.14. The predicted octanol–water partition coefficient (Wildman–Crippen LogP) is 0.889. The van der Waals surface area contributed by atoms with Gasteiger partial charge < -0.3 is 9.47 Å². The van der Waals surface area contributed by atoms with Gasteiger partial charge in [-0.3, -0.25) is 5.32 Å². The van der Waals surface area contributed by atoms with E-state index in [1.807, 2.05) is 0 Å². The van der Waals surface area contributed by atoms with Gasteiger partial charge in [-0.15, -0.1) is 11.3 Å². The summed E-state index contributed by atoms with van der Waals surface area (Å²) in [6.07, 6.45) is 0. The molecule has 1 N–H and O–H groups in total. The number of anilines is 1. The Morgan fingerprint density at radius 3 is 2.54 bits per heavy atom. The molecule has 2 heterocycles. The molecule has 0 aliphatic carbocycles. The topological polar surface area (TPSA) is 141 Å². The number of carbonyl (C=O) groups is 2. The van der Waals surface area contributed by atoms with Crippen LogP contribution >= 0.6 is 11.3 Å². The van der Waals surface area contributed by atoms with Gasteiger partial charge >= 0.3 is 18.0 Å². The summed E-state index contributed by atoms with van der Waals surface area (Å²) in [7, 11) is -0.796. The third-order valence-corrected chi connectivity index (χ3v) is 5.86. The predicted molar refractivity (Wildman–Crippen MR) is 90.7 cm³/mol. The van der Waals surface area contributed by atoms with Crippen molar-refractivity contribution in [1.82, 2.24) is 19.3 Å². The first-order chi connectivity index (χ1) is 12.2. The van der Waals surface area contributed by atoms with Gasteiger partial charge in [-0.2, -0.15) is 15.0 Å². The van der Waals surface area contributed by atoms with E-state index in [-0.39, 0.29) is 27.6 Å². The first-order valence-corrected chi connectivity index (χ1v) is 9.25. The summed E-state index contributed by atoms with van der Waals surface area (Å²) in [6.45, 7) is 1.55. The summed E-state index contributed by atoms with van der Waals surface area (Å²) in [6, 6.07) is 0.148. The Morgan fingerprint density at radius 2 is 1.92 bits per heavy atom. The third-order valence-electron chi connectivity index (χ3n) is 3.05. The zero-order valence-electron chi connectivity index (χ0n) is 14.2. The van der Waals surface area contributed by atoms with Crippen LogP contribution in [0.4, 0.5) is 10.7 Å². The second kappa shape index (κ2) is 7.61. The van der Waals surface area contributed by atoms with Crippen molar-refractivity contribution in [2.24, 2.45) is 0 Å². The summed E-state index contributed by atoms with van der Waals surface area (Å²) < 4.78 is 35.1. The molecule has 0 aliphatic heterocycles. The minimum Gasteiger partial charge on any atom is -0.467 e. The molecule has 0 aliphatic rings. The van der Waals surface area contributed by atoms with Crippen LogP contribution in [0.15, 0.2) is 16.3 Å². The molecule has 0 fully saturated rings. The molecule has 0 spiro atoms. The lowest BCUT2D eigenvalue weighted by molar-refractivity contribution is 0.0602. The highest BCUT2D eigenvalue weighted by atomic mass is 32.2. The Hall–Kier alpha value is -2.80. The fraction of sp³-hybridized carbons (Fsp3) is 0.308. The molecule has 26 heavy (non-hydrogen) atoms. The highest BCUT2D eigenvalue weighted by molar-refractivity contribution is 7.89. The van der Waals surface area contributed by atoms with Crippen molar-refractivity contribution < 1.29 is 27.5 Å². The van der Waals surface area contributed by atoms with E-state index in [0.29, 0.717) is 4.31 Å². The van der Waals surface area contributed by atoms with E-state index >= 15 is 0 Å². The third kappa shape index (κ3) is 3.88. The van der Waals surface area contributed by atoms with E-state index in [2.05, 4.69) is 25.0 Å². The summed E-state index contributed by atoms with van der Waals surface area (Å²) in [5.74, 6) is -0.728. The number of hydrogen-bond donors (Lipinski definition) is 1. The van der Waals surface area contributed by atoms with Gasteiger partial charge in [0, 0.05) is 7.05 Å². The molecule has 2 amide bonds. The number of rotatable bonds is 5. The van der Waals surface area contributed by atoms with Crippen molar-refractivity contribution in [2.45, 2.75) is 11.8 Å². The molecule has 0 saturated carbocycles. The normalized spacial score (nSPS) is 10.9. The number of nitrogens with zero attached hydrogens (tertiary/aromatic N) is 4. The second-order valence-electron chi connectivity index (χ2n) is 4.70. The number of carbonyl (C=O) groups excluding carboxylic acids is 2. The number of urea groups is 1. The maximum atomic E-state index is 12.6. The average Bonchev–Trinajstić information content (AvgIpc) is 3.10. The van der Waals surface area contributed by atoms with E-state index in [9.17, 15) is 18.0 Å². The lowest BCUT2D eigenvalue weighted by Gasteiger charge is -2.17. The second-order valence-corrected chi connectivity index (χ2v) is 7.55. The Kier molecular flexibility index (Phi) is 5.72. The van der Waals surface area contributed by atoms with Crippen molar-refractivity contribution in [2.75, 3.05) is 26.6 Å². The van der Waals surface area contributed by atoms with Crippen LogP contribution in [0.3, 0.4) is 0 Å². The van der Waals surface area contributed by atoms with Gasteiger partial charge in [0.05, 0.1) is 14.2 Å². The Balaban J connectivity index is 2.29. The lowest BCUT2D eigenvalue weighted by Crippen LogP contribution is -2.37. The fourth-order valence-electron chi connectivity index (χ4n) is 1.78. The molecular formula is C13H15N5O6S2. The van der Waals surface area contributed by atoms with Gasteiger partial charge in [-0.1, -0.05) is 0 Å². The number of sulfonamides is 1. The van der Waals surface area contributed by atoms with E-state index in [4.69, 9.17) is 4.74 Å². The van der Waals surface area contributed by atoms with Crippen molar-refractivity contribution >= 4 is 39.3 Å². The molecule has 0 atom stereocenters. The van der Waals surface area contributed by atoms with E-state index in [1.165, 1.54) is 18.6 Å². The van der Waals surface area contributed by atoms with Gasteiger partial charge in [0.1, 0.15) is 15.6 Å². The molecule has 0 radical (unpaired) electrons. The molecular weight excluding hydrogens is 386 g/mol. The van der Waals surface area contributed by atoms with E-state index in [1.54, 1.807) is 6.92 Å². The number of amides is 2. The lowest BCUT2D eigenvalue weighted by atomic mass is 10.5. The largest absolute Gasteiger partial charge is 0.467 e. The molecule has 0 aromatic carbocycles. The molecule has 140 valence electrons. The van der Waals surface area contributed by atoms with Crippen LogP contribution in [0.1, 0.15) is 15.5 Å². The number of nitrogens with one attached hydrogen (secondary N) is 1. The molecule has 2 rings (SSSR count). The first-order valence-electron chi connectivity index (χ1n) is 6.93. The Labute approximate surface area is 153 Å². The van der Waals surface area contributed by atoms with E-state index < -0.39 is 22.0 Å². The van der Waals surface area contributed by atoms with Crippen LogP contribution in [0.2, 0.25) is 0 Å². The zero-order valence-corrected chi connectivity index (χ0v) is 15.8. The van der Waals surface area contributed by atoms with Gasteiger partial charge in [0.25, 0.3) is 10.0 Å². The SMILES string of the molecule is COC(=O)c1sccc1S(=O)(=O)N(C)C(=O)Nc1nc(C)nc(OC)n1. The number of thiophene rings is 1. The van der Waals surface area contributed by atoms with Crippen LogP contribution in [0.25, 0.3) is 0 Å². The Bertz CT molecular complexity index is 942. The van der Waals surface area contributed by atoms with Gasteiger partial charge in [-0.25, -0.2) is 22.3 Å². The molecule has 2 aromatic heterocycles. The van der Waals surface area contributed by atoms with Gasteiger partial charge in [0.2, 0.25) is 5.95 Å². The minimum atomic E-state index is -4.30. The van der Waals surface area contributed by atoms with Crippen LogP contribution in [0, 0.1) is 6.92 Å². The van der Waals surface area contributed by atoms with Crippen LogP contribution in [-0.4, -0.2) is 60.9 Å². The number of aromatic nitrogens is 3. The molecule has 2 aromatic rings. The van der Waals surface area contributed by atoms with Crippen LogP contribution < -0.4 is 10.1 Å². The zero-order chi connectivity index (χ0) is 19.5. The van der Waals surface area contributed by atoms with Crippen molar-refractivity contribution in [3.8, 4) is 6.01 Å². The van der Waals surface area contributed by atoms with Crippen LogP contribution in [0.5, 0.6) is 6.01 Å². The summed E-state index contributed by atoms with van der Waals surface area (Å²) >= 11 is 0.888. The highest BCUT2D eigenvalue weighted by Crippen LogP contribution is 2.25. The van der Waals surface area contributed by atoms with Crippen molar-refractivity contribution in [3.05, 3.63) is 22.1 Å². The highest BCUT2D eigenvalue weighted by Gasteiger charge is 2.31. The standard InChI is InChI=1S/C13H15N5O6S2/c1-7-14-11(16-12(15-7)24-4)17-13(20)18(2)26(21,22)8-5-6-25-9(8)10(19)23-3/h5-6H,1-4H3,(H,14,15,16,17,20). The quantitative estimate of drug-likeness (QED) is 0.723. The van der Waals surface area contributed by atoms with Crippen molar-refractivity contribution in [1.29, 1.82) is 0 Å². The molecule has 0 unspecified atom stereocenters. The average molecular weight is 401 g/mol. The summed E-state index contributed by atoms with van der Waals surface area (Å²) in [5, 5.41) is 3.65. The molecule has 13 heteroatoms. The number of esters is 1. The van der Waals surface area contributed by atoms with E-state index in [0.717, 1.165) is 25.5 Å². The van der Waals surface area contributed by atoms with Gasteiger partial charge in [0.15, 0.2) is 0 Å². The number of ether oxygens (including phenoxy) is 2. The maximum absolute atomic E-state index is 12.6. The number of methoxy groups -OCH3 is 2. The smallest absolute Gasteiger partial charge is 0.349 e. The number of aryl methyl sites for hydroxylation is 1. The maximum Gasteiger partial charge on any atom is 0.349 e. The molecule has 11 nitrogen and oxygen atoms in total. The first kappa shape index (κ1) is 19.5. The minimum absolute atomic E-state index is 0.0378. The summed E-state index contributed by atoms with van der Waals surface area (Å²) in [4.78, 5) is 35.1. The van der Waals surface area contributed by atoms with Crippen LogP contribution in [-0.2, 0) is 14.8 Å². The van der Waals surface area contributed by atoms with Crippen molar-refractivity contribution in [3.63, 3.8) is 0 Å². The monoisotopic (exact) mass is 401 g/mol. The molecule has 0 saturated heterocycles. The Morgan fingerprint density at radius 1 is 1.23 bits per heavy atom.